The highest BCUT2D eigenvalue weighted by atomic mass is 35.5. The van der Waals surface area contributed by atoms with Gasteiger partial charge in [0.15, 0.2) is 0 Å². The maximum atomic E-state index is 11.7. The number of benzene rings is 1. The number of anilines is 1. The van der Waals surface area contributed by atoms with E-state index >= 15 is 0 Å². The number of nitrogens with zero attached hydrogens (tertiary/aromatic N) is 2. The lowest BCUT2D eigenvalue weighted by Crippen LogP contribution is -2.32. The van der Waals surface area contributed by atoms with Crippen LogP contribution in [0.3, 0.4) is 0 Å². The van der Waals surface area contributed by atoms with Crippen molar-refractivity contribution in [2.75, 3.05) is 11.9 Å². The quantitative estimate of drug-likeness (QED) is 0.453. The first kappa shape index (κ1) is 16.4. The van der Waals surface area contributed by atoms with Crippen molar-refractivity contribution in [1.29, 1.82) is 0 Å². The number of hydrazone groups is 1. The first-order chi connectivity index (χ1) is 11.0. The van der Waals surface area contributed by atoms with E-state index in [0.29, 0.717) is 10.7 Å². The minimum atomic E-state index is -0.729. The number of halogens is 1. The van der Waals surface area contributed by atoms with Crippen LogP contribution >= 0.6 is 11.6 Å². The van der Waals surface area contributed by atoms with Gasteiger partial charge >= 0.3 is 5.69 Å². The van der Waals surface area contributed by atoms with E-state index in [4.69, 9.17) is 11.6 Å². The number of carbonyl (C=O) groups excluding carboxylic acids is 1. The van der Waals surface area contributed by atoms with Crippen LogP contribution in [0.2, 0.25) is 5.02 Å². The predicted octanol–water partition coefficient (Wildman–Crippen LogP) is 0.0639. The van der Waals surface area contributed by atoms with Gasteiger partial charge in [0.25, 0.3) is 11.5 Å². The van der Waals surface area contributed by atoms with E-state index in [9.17, 15) is 14.4 Å². The number of amides is 1. The third kappa shape index (κ3) is 4.78. The zero-order valence-electron chi connectivity index (χ0n) is 12.0. The fraction of sp³-hybridized carbons (Fsp3) is 0.154. The number of rotatable bonds is 5. The van der Waals surface area contributed by atoms with E-state index in [1.165, 1.54) is 0 Å². The normalized spacial score (nSPS) is 11.1. The highest BCUT2D eigenvalue weighted by Crippen LogP contribution is 2.09. The van der Waals surface area contributed by atoms with Gasteiger partial charge in [-0.05, 0) is 24.6 Å². The van der Waals surface area contributed by atoms with Crippen molar-refractivity contribution in [1.82, 2.24) is 20.6 Å². The molecule has 1 heterocycles. The highest BCUT2D eigenvalue weighted by Gasteiger charge is 2.05. The summed E-state index contributed by atoms with van der Waals surface area (Å²) in [4.78, 5) is 35.8. The molecular weight excluding hydrogens is 324 g/mol. The van der Waals surface area contributed by atoms with Crippen molar-refractivity contribution in [2.45, 2.75) is 6.92 Å². The van der Waals surface area contributed by atoms with Gasteiger partial charge in [0.1, 0.15) is 0 Å². The van der Waals surface area contributed by atoms with Crippen LogP contribution in [0.5, 0.6) is 0 Å². The van der Waals surface area contributed by atoms with E-state index in [1.54, 1.807) is 31.2 Å². The van der Waals surface area contributed by atoms with Crippen molar-refractivity contribution in [3.8, 4) is 0 Å². The average Bonchev–Trinajstić information content (AvgIpc) is 2.52. The summed E-state index contributed by atoms with van der Waals surface area (Å²) in [7, 11) is 0. The zero-order chi connectivity index (χ0) is 16.8. The lowest BCUT2D eigenvalue weighted by atomic mass is 10.1. The summed E-state index contributed by atoms with van der Waals surface area (Å²) < 4.78 is 0. The number of aromatic nitrogens is 3. The van der Waals surface area contributed by atoms with E-state index in [2.05, 4.69) is 20.9 Å². The van der Waals surface area contributed by atoms with Crippen molar-refractivity contribution in [3.05, 3.63) is 55.7 Å². The molecular formula is C13H13ClN6O3. The number of H-pyrrole nitrogens is 2. The Hall–Kier alpha value is -2.94. The van der Waals surface area contributed by atoms with Crippen LogP contribution in [0, 0.1) is 0 Å². The molecule has 0 unspecified atom stereocenters. The summed E-state index contributed by atoms with van der Waals surface area (Å²) in [5.74, 6) is -0.649. The van der Waals surface area contributed by atoms with Crippen LogP contribution in [0.1, 0.15) is 12.5 Å². The van der Waals surface area contributed by atoms with Crippen LogP contribution in [-0.4, -0.2) is 33.3 Å². The van der Waals surface area contributed by atoms with Crippen LogP contribution in [0.15, 0.2) is 39.0 Å². The summed E-state index contributed by atoms with van der Waals surface area (Å²) in [6.45, 7) is 1.49. The maximum Gasteiger partial charge on any atom is 0.342 e. The Labute approximate surface area is 134 Å². The molecule has 0 aliphatic rings. The van der Waals surface area contributed by atoms with E-state index < -0.39 is 17.2 Å². The Bertz CT molecular complexity index is 840. The molecule has 0 bridgehead atoms. The van der Waals surface area contributed by atoms with Gasteiger partial charge in [-0.25, -0.2) is 15.3 Å². The number of hydrogen-bond donors (Lipinski definition) is 4. The Morgan fingerprint density at radius 3 is 2.65 bits per heavy atom. The second-order valence-electron chi connectivity index (χ2n) is 4.45. The van der Waals surface area contributed by atoms with Gasteiger partial charge in [0.05, 0.1) is 12.3 Å². The van der Waals surface area contributed by atoms with Gasteiger partial charge in [-0.15, -0.1) is 5.10 Å². The molecule has 10 heteroatoms. The number of hydrogen-bond acceptors (Lipinski definition) is 6. The van der Waals surface area contributed by atoms with Crippen LogP contribution in [0.4, 0.5) is 5.82 Å². The number of aromatic amines is 2. The minimum absolute atomic E-state index is 0.168. The van der Waals surface area contributed by atoms with Crippen LogP contribution < -0.4 is 22.0 Å². The van der Waals surface area contributed by atoms with Crippen molar-refractivity contribution >= 4 is 29.0 Å². The molecule has 0 spiro atoms. The summed E-state index contributed by atoms with van der Waals surface area (Å²) >= 11 is 5.79. The van der Waals surface area contributed by atoms with Crippen molar-refractivity contribution < 1.29 is 4.79 Å². The third-order valence-electron chi connectivity index (χ3n) is 2.74. The molecule has 0 saturated heterocycles. The SMILES string of the molecule is C/C(=N/NC(=O)CNc1n[nH]c(=O)[nH]c1=O)c1ccc(Cl)cc1. The Balaban J connectivity index is 1.91. The lowest BCUT2D eigenvalue weighted by molar-refractivity contribution is -0.119. The monoisotopic (exact) mass is 336 g/mol. The topological polar surface area (TPSA) is 132 Å². The number of carbonyl (C=O) groups is 1. The maximum absolute atomic E-state index is 11.7. The Morgan fingerprint density at radius 2 is 2.00 bits per heavy atom. The molecule has 0 aliphatic carbocycles. The first-order valence-corrected chi connectivity index (χ1v) is 6.85. The molecule has 0 saturated carbocycles. The fourth-order valence-corrected chi connectivity index (χ4v) is 1.70. The van der Waals surface area contributed by atoms with Crippen molar-refractivity contribution in [2.24, 2.45) is 5.10 Å². The first-order valence-electron chi connectivity index (χ1n) is 6.47. The summed E-state index contributed by atoms with van der Waals surface area (Å²) in [5.41, 5.74) is 2.29. The molecule has 0 atom stereocenters. The number of nitrogens with one attached hydrogen (secondary N) is 4. The average molecular weight is 337 g/mol. The van der Waals surface area contributed by atoms with Crippen molar-refractivity contribution in [3.63, 3.8) is 0 Å². The lowest BCUT2D eigenvalue weighted by Gasteiger charge is -2.04. The molecule has 0 radical (unpaired) electrons. The minimum Gasteiger partial charge on any atom is -0.355 e. The van der Waals surface area contributed by atoms with Crippen LogP contribution in [-0.2, 0) is 4.79 Å². The smallest absolute Gasteiger partial charge is 0.342 e. The van der Waals surface area contributed by atoms with Gasteiger partial charge < -0.3 is 5.32 Å². The molecule has 1 aromatic carbocycles. The van der Waals surface area contributed by atoms with E-state index in [0.717, 1.165) is 5.56 Å². The second kappa shape index (κ2) is 7.36. The predicted molar refractivity (Wildman–Crippen MR) is 85.8 cm³/mol. The van der Waals surface area contributed by atoms with Gasteiger partial charge in [-0.1, -0.05) is 23.7 Å². The molecule has 4 N–H and O–H groups in total. The van der Waals surface area contributed by atoms with Gasteiger partial charge in [-0.2, -0.15) is 5.10 Å². The summed E-state index contributed by atoms with van der Waals surface area (Å²) in [5, 5.41) is 12.6. The fourth-order valence-electron chi connectivity index (χ4n) is 1.57. The molecule has 9 nitrogen and oxygen atoms in total. The molecule has 2 rings (SSSR count). The van der Waals surface area contributed by atoms with Gasteiger partial charge in [0.2, 0.25) is 5.82 Å². The largest absolute Gasteiger partial charge is 0.355 e. The standard InChI is InChI=1S/C13H13ClN6O3/c1-7(8-2-4-9(14)5-3-8)17-18-10(21)6-15-11-12(22)16-13(23)20-19-11/h2-5H,6H2,1H3,(H,15,19)(H,18,21)(H2,16,20,22,23)/b17-7-. The zero-order valence-corrected chi connectivity index (χ0v) is 12.8. The molecule has 0 fully saturated rings. The van der Waals surface area contributed by atoms with Gasteiger partial charge in [0, 0.05) is 5.02 Å². The van der Waals surface area contributed by atoms with E-state index in [1.807, 2.05) is 10.1 Å². The summed E-state index contributed by atoms with van der Waals surface area (Å²) in [6, 6.07) is 6.98. The molecule has 23 heavy (non-hydrogen) atoms. The molecule has 120 valence electrons. The molecule has 1 amide bonds. The molecule has 1 aromatic heterocycles. The second-order valence-corrected chi connectivity index (χ2v) is 4.88. The highest BCUT2D eigenvalue weighted by molar-refractivity contribution is 6.30. The van der Waals surface area contributed by atoms with E-state index in [-0.39, 0.29) is 12.4 Å². The molecule has 2 aromatic rings. The Kier molecular flexibility index (Phi) is 5.26. The molecule has 0 aliphatic heterocycles. The van der Waals surface area contributed by atoms with Crippen LogP contribution in [0.25, 0.3) is 0 Å². The Morgan fingerprint density at radius 1 is 1.30 bits per heavy atom. The summed E-state index contributed by atoms with van der Waals surface area (Å²) in [6.07, 6.45) is 0. The van der Waals surface area contributed by atoms with Gasteiger partial charge in [-0.3, -0.25) is 14.6 Å². The third-order valence-corrected chi connectivity index (χ3v) is 2.99.